The van der Waals surface area contributed by atoms with Crippen LogP contribution >= 0.6 is 0 Å². The molecule has 4 rings (SSSR count). The van der Waals surface area contributed by atoms with Gasteiger partial charge in [-0.3, -0.25) is 19.2 Å². The van der Waals surface area contributed by atoms with Crippen LogP contribution in [0, 0.1) is 0 Å². The van der Waals surface area contributed by atoms with Crippen LogP contribution in [0.2, 0.25) is 0 Å². The fraction of sp³-hybridized carbons (Fsp3) is 0.500. The third-order valence-electron chi connectivity index (χ3n) is 7.98. The number of nitrogens with zero attached hydrogens (tertiary/aromatic N) is 2. The molecule has 2 heterocycles. The van der Waals surface area contributed by atoms with E-state index < -0.39 is 18.0 Å². The normalized spacial score (nSPS) is 23.0. The Morgan fingerprint density at radius 2 is 1.69 bits per heavy atom. The molecule has 2 aliphatic heterocycles. The van der Waals surface area contributed by atoms with Gasteiger partial charge in [-0.15, -0.1) is 0 Å². The molecular weight excluding hydrogens is 534 g/mol. The number of amides is 4. The third kappa shape index (κ3) is 8.79. The van der Waals surface area contributed by atoms with E-state index in [0.717, 1.165) is 38.0 Å². The second-order valence-electron chi connectivity index (χ2n) is 11.1. The first-order valence-electron chi connectivity index (χ1n) is 14.9. The van der Waals surface area contributed by atoms with Crippen LogP contribution in [0.3, 0.4) is 0 Å². The monoisotopic (exact) mass is 577 g/mol. The van der Waals surface area contributed by atoms with Gasteiger partial charge in [0.2, 0.25) is 17.7 Å². The van der Waals surface area contributed by atoms with Crippen LogP contribution < -0.4 is 20.7 Å². The minimum atomic E-state index is -0.928. The van der Waals surface area contributed by atoms with E-state index in [1.54, 1.807) is 43.1 Å². The zero-order valence-corrected chi connectivity index (χ0v) is 24.6. The lowest BCUT2D eigenvalue weighted by atomic mass is 10.0. The molecule has 2 aromatic rings. The molecule has 3 N–H and O–H groups in total. The number of hydrogen-bond donors (Lipinski definition) is 3. The first-order valence-corrected chi connectivity index (χ1v) is 14.9. The SMILES string of the molecule is C[C@@H]1NC(=O)CC[C@@H](C(=O)NCCN2CCCCC2)NC(=O)c2ccccc2OC[C@@H](Cc2ccccc2)N(C)C1=O. The topological polar surface area (TPSA) is 120 Å². The van der Waals surface area contributed by atoms with Crippen molar-refractivity contribution < 1.29 is 23.9 Å². The molecule has 42 heavy (non-hydrogen) atoms. The largest absolute Gasteiger partial charge is 0.491 e. The van der Waals surface area contributed by atoms with Crippen molar-refractivity contribution in [2.75, 3.05) is 39.8 Å². The fourth-order valence-corrected chi connectivity index (χ4v) is 5.44. The van der Waals surface area contributed by atoms with Gasteiger partial charge in [-0.25, -0.2) is 0 Å². The molecule has 0 saturated carbocycles. The lowest BCUT2D eigenvalue weighted by Gasteiger charge is -2.31. The molecule has 10 heteroatoms. The van der Waals surface area contributed by atoms with Gasteiger partial charge in [-0.05, 0) is 63.4 Å². The number of hydrogen-bond acceptors (Lipinski definition) is 6. The molecule has 2 aliphatic rings. The molecule has 0 radical (unpaired) electrons. The molecule has 1 saturated heterocycles. The molecule has 2 aromatic carbocycles. The average molecular weight is 578 g/mol. The summed E-state index contributed by atoms with van der Waals surface area (Å²) in [6, 6.07) is 14.6. The van der Waals surface area contributed by atoms with Crippen molar-refractivity contribution >= 4 is 23.6 Å². The number of carbonyl (C=O) groups is 4. The number of nitrogens with one attached hydrogen (secondary N) is 3. The predicted molar refractivity (Wildman–Crippen MR) is 160 cm³/mol. The zero-order chi connectivity index (χ0) is 29.9. The van der Waals surface area contributed by atoms with Crippen LogP contribution in [0.25, 0.3) is 0 Å². The number of fused-ring (bicyclic) bond motifs is 1. The third-order valence-corrected chi connectivity index (χ3v) is 7.98. The molecule has 10 nitrogen and oxygen atoms in total. The van der Waals surface area contributed by atoms with Crippen molar-refractivity contribution in [1.82, 2.24) is 25.8 Å². The Morgan fingerprint density at radius 3 is 2.45 bits per heavy atom. The van der Waals surface area contributed by atoms with E-state index in [2.05, 4.69) is 20.9 Å². The Balaban J connectivity index is 1.53. The summed E-state index contributed by atoms with van der Waals surface area (Å²) in [5, 5.41) is 8.53. The van der Waals surface area contributed by atoms with Gasteiger partial charge in [0.05, 0.1) is 11.6 Å². The highest BCUT2D eigenvalue weighted by atomic mass is 16.5. The second kappa shape index (κ2) is 15.3. The molecule has 4 amide bonds. The zero-order valence-electron chi connectivity index (χ0n) is 24.6. The highest BCUT2D eigenvalue weighted by Crippen LogP contribution is 2.20. The molecule has 1 fully saturated rings. The van der Waals surface area contributed by atoms with E-state index in [-0.39, 0.29) is 48.8 Å². The van der Waals surface area contributed by atoms with Crippen LogP contribution in [-0.2, 0) is 20.8 Å². The number of piperidine rings is 1. The van der Waals surface area contributed by atoms with Gasteiger partial charge in [-0.1, -0.05) is 48.9 Å². The maximum atomic E-state index is 13.5. The number of carbonyl (C=O) groups excluding carboxylic acids is 4. The van der Waals surface area contributed by atoms with Gasteiger partial charge < -0.3 is 30.5 Å². The summed E-state index contributed by atoms with van der Waals surface area (Å²) >= 11 is 0. The quantitative estimate of drug-likeness (QED) is 0.484. The van der Waals surface area contributed by atoms with Crippen molar-refractivity contribution in [2.24, 2.45) is 0 Å². The van der Waals surface area contributed by atoms with E-state index in [9.17, 15) is 19.2 Å². The first-order chi connectivity index (χ1) is 20.3. The van der Waals surface area contributed by atoms with Gasteiger partial charge in [0.15, 0.2) is 0 Å². The number of rotatable bonds is 6. The van der Waals surface area contributed by atoms with Gasteiger partial charge in [0.25, 0.3) is 5.91 Å². The van der Waals surface area contributed by atoms with Crippen molar-refractivity contribution in [2.45, 2.75) is 63.6 Å². The molecular formula is C32H43N5O5. The lowest BCUT2D eigenvalue weighted by Crippen LogP contribution is -2.51. The molecule has 0 aromatic heterocycles. The average Bonchev–Trinajstić information content (AvgIpc) is 3.01. The summed E-state index contributed by atoms with van der Waals surface area (Å²) in [5.41, 5.74) is 1.31. The fourth-order valence-electron chi connectivity index (χ4n) is 5.44. The summed E-state index contributed by atoms with van der Waals surface area (Å²) in [6.07, 6.45) is 4.14. The first kappa shape index (κ1) is 31.0. The summed E-state index contributed by atoms with van der Waals surface area (Å²) in [4.78, 5) is 56.8. The smallest absolute Gasteiger partial charge is 0.255 e. The van der Waals surface area contributed by atoms with E-state index >= 15 is 0 Å². The number of para-hydroxylation sites is 1. The van der Waals surface area contributed by atoms with Crippen molar-refractivity contribution in [3.8, 4) is 5.75 Å². The van der Waals surface area contributed by atoms with Crippen molar-refractivity contribution in [1.29, 1.82) is 0 Å². The van der Waals surface area contributed by atoms with Crippen LogP contribution in [-0.4, -0.2) is 91.4 Å². The van der Waals surface area contributed by atoms with Crippen molar-refractivity contribution in [3.63, 3.8) is 0 Å². The van der Waals surface area contributed by atoms with E-state index in [0.29, 0.717) is 18.7 Å². The van der Waals surface area contributed by atoms with Crippen LogP contribution in [0.15, 0.2) is 54.6 Å². The minimum absolute atomic E-state index is 0.0303. The molecule has 0 unspecified atom stereocenters. The summed E-state index contributed by atoms with van der Waals surface area (Å²) in [7, 11) is 1.70. The van der Waals surface area contributed by atoms with Gasteiger partial charge >= 0.3 is 0 Å². The van der Waals surface area contributed by atoms with Gasteiger partial charge in [0.1, 0.15) is 24.4 Å². The second-order valence-corrected chi connectivity index (χ2v) is 11.1. The molecule has 0 bridgehead atoms. The number of likely N-dealkylation sites (N-methyl/N-ethyl adjacent to an activating group) is 1. The molecule has 0 spiro atoms. The summed E-state index contributed by atoms with van der Waals surface area (Å²) in [5.74, 6) is -1.07. The number of benzene rings is 2. The maximum absolute atomic E-state index is 13.5. The Labute approximate surface area is 248 Å². The Kier molecular flexibility index (Phi) is 11.3. The Bertz CT molecular complexity index is 1220. The molecule has 226 valence electrons. The van der Waals surface area contributed by atoms with E-state index in [1.165, 1.54) is 6.42 Å². The van der Waals surface area contributed by atoms with Crippen LogP contribution in [0.1, 0.15) is 54.9 Å². The minimum Gasteiger partial charge on any atom is -0.491 e. The molecule has 0 aliphatic carbocycles. The summed E-state index contributed by atoms with van der Waals surface area (Å²) < 4.78 is 6.17. The van der Waals surface area contributed by atoms with Crippen LogP contribution in [0.5, 0.6) is 5.75 Å². The predicted octanol–water partition coefficient (Wildman–Crippen LogP) is 2.13. The molecule has 3 atom stereocenters. The number of likely N-dealkylation sites (tertiary alicyclic amines) is 1. The Hall–Kier alpha value is -3.92. The maximum Gasteiger partial charge on any atom is 0.255 e. The van der Waals surface area contributed by atoms with Crippen LogP contribution in [0.4, 0.5) is 0 Å². The highest BCUT2D eigenvalue weighted by molar-refractivity contribution is 5.99. The van der Waals surface area contributed by atoms with E-state index in [1.807, 2.05) is 30.3 Å². The van der Waals surface area contributed by atoms with Crippen molar-refractivity contribution in [3.05, 3.63) is 65.7 Å². The summed E-state index contributed by atoms with van der Waals surface area (Å²) in [6.45, 7) is 5.01. The van der Waals surface area contributed by atoms with Gasteiger partial charge in [-0.2, -0.15) is 0 Å². The number of ether oxygens (including phenoxy) is 1. The lowest BCUT2D eigenvalue weighted by molar-refractivity contribution is -0.137. The highest BCUT2D eigenvalue weighted by Gasteiger charge is 2.29. The standard InChI is InChI=1S/C32H43N5O5/c1-23-32(41)36(2)25(21-24-11-5-3-6-12-24)22-42-28-14-8-7-13-26(28)30(39)35-27(15-16-29(38)34-23)31(40)33-17-20-37-18-9-4-10-19-37/h3,5-8,11-14,23,25,27H,4,9-10,15-22H2,1-2H3,(H,33,40)(H,34,38)(H,35,39)/t23-,25+,27-/m0/s1. The van der Waals surface area contributed by atoms with E-state index in [4.69, 9.17) is 4.74 Å². The Morgan fingerprint density at radius 1 is 0.976 bits per heavy atom. The van der Waals surface area contributed by atoms with Gasteiger partial charge in [0, 0.05) is 26.6 Å².